The van der Waals surface area contributed by atoms with Gasteiger partial charge in [-0.3, -0.25) is 4.79 Å². The lowest BCUT2D eigenvalue weighted by Crippen LogP contribution is -2.41. The van der Waals surface area contributed by atoms with Crippen molar-refractivity contribution in [2.75, 3.05) is 37.0 Å². The van der Waals surface area contributed by atoms with Gasteiger partial charge < -0.3 is 29.4 Å². The number of morpholine rings is 1. The number of ether oxygens (including phenoxy) is 3. The van der Waals surface area contributed by atoms with E-state index < -0.39 is 0 Å². The smallest absolute Gasteiger partial charge is 0.271 e. The van der Waals surface area contributed by atoms with Crippen molar-refractivity contribution in [3.8, 4) is 17.4 Å². The third-order valence-electron chi connectivity index (χ3n) is 6.80. The van der Waals surface area contributed by atoms with Gasteiger partial charge in [-0.05, 0) is 42.0 Å². The van der Waals surface area contributed by atoms with Crippen molar-refractivity contribution in [2.24, 2.45) is 0 Å². The molecule has 4 aromatic rings. The van der Waals surface area contributed by atoms with Gasteiger partial charge in [-0.15, -0.1) is 0 Å². The van der Waals surface area contributed by atoms with Crippen molar-refractivity contribution in [3.63, 3.8) is 0 Å². The van der Waals surface area contributed by atoms with E-state index in [1.165, 1.54) is 0 Å². The van der Waals surface area contributed by atoms with E-state index in [2.05, 4.69) is 44.5 Å². The Balaban J connectivity index is 1.20. The topological polar surface area (TPSA) is 88.7 Å². The summed E-state index contributed by atoms with van der Waals surface area (Å²) in [5.41, 5.74) is 5.73. The van der Waals surface area contributed by atoms with Gasteiger partial charge in [-0.1, -0.05) is 24.3 Å². The molecule has 0 amide bonds. The Bertz CT molecular complexity index is 1480. The Morgan fingerprint density at radius 1 is 1.11 bits per heavy atom. The van der Waals surface area contributed by atoms with Crippen LogP contribution >= 0.6 is 0 Å². The summed E-state index contributed by atoms with van der Waals surface area (Å²) in [6, 6.07) is 21.8. The molecule has 2 N–H and O–H groups in total. The number of anilines is 2. The summed E-state index contributed by atoms with van der Waals surface area (Å²) in [4.78, 5) is 21.6. The Kier molecular flexibility index (Phi) is 6.24. The van der Waals surface area contributed by atoms with Crippen LogP contribution < -0.4 is 25.2 Å². The van der Waals surface area contributed by atoms with E-state index in [9.17, 15) is 4.79 Å². The van der Waals surface area contributed by atoms with Crippen LogP contribution in [-0.4, -0.2) is 36.8 Å². The zero-order valence-electron chi connectivity index (χ0n) is 20.6. The van der Waals surface area contributed by atoms with Crippen LogP contribution in [0.25, 0.3) is 0 Å². The average Bonchev–Trinajstić information content (AvgIpc) is 2.95. The summed E-state index contributed by atoms with van der Waals surface area (Å²) in [6.45, 7) is 2.39. The summed E-state index contributed by atoms with van der Waals surface area (Å²) in [5, 5.41) is 3.45. The molecule has 0 bridgehead atoms. The first kappa shape index (κ1) is 23.1. The normalized spacial score (nSPS) is 16.4. The number of aromatic amines is 1. The van der Waals surface area contributed by atoms with Crippen molar-refractivity contribution in [3.05, 3.63) is 106 Å². The molecule has 2 aliphatic rings. The minimum absolute atomic E-state index is 0.0879. The van der Waals surface area contributed by atoms with Crippen molar-refractivity contribution >= 4 is 11.4 Å². The Hall–Kier alpha value is -4.30. The van der Waals surface area contributed by atoms with Crippen LogP contribution in [-0.2, 0) is 17.7 Å². The number of hydrogen-bond acceptors (Lipinski definition) is 7. The molecule has 4 heterocycles. The maximum absolute atomic E-state index is 12.3. The number of pyridine rings is 2. The number of hydrogen-bond donors (Lipinski definition) is 2. The quantitative estimate of drug-likeness (QED) is 0.353. The van der Waals surface area contributed by atoms with Gasteiger partial charge in [0.25, 0.3) is 5.56 Å². The van der Waals surface area contributed by atoms with Crippen molar-refractivity contribution in [1.29, 1.82) is 0 Å². The van der Waals surface area contributed by atoms with Gasteiger partial charge >= 0.3 is 0 Å². The van der Waals surface area contributed by atoms with E-state index in [-0.39, 0.29) is 11.7 Å². The van der Waals surface area contributed by atoms with Crippen LogP contribution in [0.15, 0.2) is 77.7 Å². The zero-order valence-corrected chi connectivity index (χ0v) is 20.6. The van der Waals surface area contributed by atoms with E-state index in [0.29, 0.717) is 37.8 Å². The van der Waals surface area contributed by atoms with Crippen LogP contribution in [0.2, 0.25) is 0 Å². The molecule has 0 radical (unpaired) electrons. The van der Waals surface area contributed by atoms with Crippen molar-refractivity contribution in [1.82, 2.24) is 9.97 Å². The molecule has 2 aromatic carbocycles. The number of nitrogens with one attached hydrogen (secondary N) is 2. The van der Waals surface area contributed by atoms with Gasteiger partial charge in [-0.2, -0.15) is 0 Å². The third kappa shape index (κ3) is 4.75. The molecule has 37 heavy (non-hydrogen) atoms. The lowest BCUT2D eigenvalue weighted by Gasteiger charge is -2.35. The van der Waals surface area contributed by atoms with Crippen LogP contribution in [0.5, 0.6) is 17.4 Å². The van der Waals surface area contributed by atoms with E-state index in [4.69, 9.17) is 14.2 Å². The monoisotopic (exact) mass is 496 g/mol. The van der Waals surface area contributed by atoms with E-state index in [0.717, 1.165) is 46.0 Å². The summed E-state index contributed by atoms with van der Waals surface area (Å²) in [5.74, 6) is 2.30. The van der Waals surface area contributed by atoms with E-state index in [1.54, 1.807) is 13.3 Å². The molecular weight excluding hydrogens is 468 g/mol. The number of fused-ring (bicyclic) bond motifs is 2. The second kappa shape index (κ2) is 9.99. The molecule has 0 saturated carbocycles. The zero-order chi connectivity index (χ0) is 25.2. The van der Waals surface area contributed by atoms with Crippen LogP contribution in [0.4, 0.5) is 11.4 Å². The lowest BCUT2D eigenvalue weighted by molar-refractivity contribution is 0.0383. The first-order valence-corrected chi connectivity index (χ1v) is 12.4. The largest absolute Gasteiger partial charge is 0.481 e. The summed E-state index contributed by atoms with van der Waals surface area (Å²) < 4.78 is 17.8. The van der Waals surface area contributed by atoms with E-state index in [1.807, 2.05) is 42.5 Å². The Morgan fingerprint density at radius 3 is 2.92 bits per heavy atom. The average molecular weight is 497 g/mol. The molecule has 6 rings (SSSR count). The number of para-hydroxylation sites is 1. The number of rotatable bonds is 6. The van der Waals surface area contributed by atoms with Crippen LogP contribution in [0.1, 0.15) is 28.5 Å². The fraction of sp³-hybridized carbons (Fsp3) is 0.241. The SMILES string of the molecule is COc1cccc(CNc2ccc3c(c2)Cc2cccc(C4CN(c5ccc[nH]c5=O)CCO4)c2O3)n1. The Labute approximate surface area is 214 Å². The highest BCUT2D eigenvalue weighted by Gasteiger charge is 2.29. The summed E-state index contributed by atoms with van der Waals surface area (Å²) in [7, 11) is 1.62. The molecule has 0 spiro atoms. The van der Waals surface area contributed by atoms with E-state index >= 15 is 0 Å². The van der Waals surface area contributed by atoms with Crippen LogP contribution in [0, 0.1) is 0 Å². The molecule has 1 fully saturated rings. The molecular formula is C29H28N4O4. The number of H-pyrrole nitrogens is 1. The third-order valence-corrected chi connectivity index (χ3v) is 6.80. The highest BCUT2D eigenvalue weighted by atomic mass is 16.5. The molecule has 1 unspecified atom stereocenters. The molecule has 2 aromatic heterocycles. The molecule has 1 atom stereocenters. The fourth-order valence-corrected chi connectivity index (χ4v) is 4.94. The molecule has 1 saturated heterocycles. The number of benzene rings is 2. The van der Waals surface area contributed by atoms with Gasteiger partial charge in [0.05, 0.1) is 26.0 Å². The van der Waals surface area contributed by atoms with Crippen molar-refractivity contribution < 1.29 is 14.2 Å². The highest BCUT2D eigenvalue weighted by Crippen LogP contribution is 2.43. The maximum Gasteiger partial charge on any atom is 0.271 e. The molecule has 8 heteroatoms. The van der Waals surface area contributed by atoms with Gasteiger partial charge in [0, 0.05) is 48.6 Å². The first-order valence-electron chi connectivity index (χ1n) is 12.4. The summed E-state index contributed by atoms with van der Waals surface area (Å²) >= 11 is 0. The number of methoxy groups -OCH3 is 1. The first-order chi connectivity index (χ1) is 18.2. The number of aromatic nitrogens is 2. The van der Waals surface area contributed by atoms with Crippen molar-refractivity contribution in [2.45, 2.75) is 19.1 Å². The predicted octanol–water partition coefficient (Wildman–Crippen LogP) is 4.67. The number of nitrogens with zero attached hydrogens (tertiary/aromatic N) is 2. The second-order valence-electron chi connectivity index (χ2n) is 9.15. The fourth-order valence-electron chi connectivity index (χ4n) is 4.94. The van der Waals surface area contributed by atoms with Gasteiger partial charge in [0.1, 0.15) is 23.3 Å². The van der Waals surface area contributed by atoms with Gasteiger partial charge in [0.2, 0.25) is 5.88 Å². The Morgan fingerprint density at radius 2 is 2.03 bits per heavy atom. The van der Waals surface area contributed by atoms with Gasteiger partial charge in [-0.25, -0.2) is 4.98 Å². The maximum atomic E-state index is 12.3. The highest BCUT2D eigenvalue weighted by molar-refractivity contribution is 5.59. The molecule has 188 valence electrons. The minimum atomic E-state index is -0.193. The van der Waals surface area contributed by atoms with Crippen LogP contribution in [0.3, 0.4) is 0 Å². The molecule has 2 aliphatic heterocycles. The van der Waals surface area contributed by atoms with Gasteiger partial charge in [0.15, 0.2) is 0 Å². The second-order valence-corrected chi connectivity index (χ2v) is 9.15. The minimum Gasteiger partial charge on any atom is -0.481 e. The molecule has 8 nitrogen and oxygen atoms in total. The summed E-state index contributed by atoms with van der Waals surface area (Å²) in [6.07, 6.45) is 2.22. The predicted molar refractivity (Wildman–Crippen MR) is 142 cm³/mol. The molecule has 0 aliphatic carbocycles. The lowest BCUT2D eigenvalue weighted by atomic mass is 9.95. The standard InChI is InChI=1S/C29H28N4O4/c1-35-27-9-3-6-22(32-27)17-31-21-10-11-25-20(16-21)15-19-5-2-7-23(28(19)37-25)26-18-33(13-14-36-26)24-8-4-12-30-29(24)34/h2-12,16,26,31H,13-15,17-18H2,1H3,(H,30,34).